The van der Waals surface area contributed by atoms with E-state index < -0.39 is 5.97 Å². The van der Waals surface area contributed by atoms with Crippen LogP contribution in [0.5, 0.6) is 0 Å². The molecule has 37 heavy (non-hydrogen) atoms. The molecule has 7 nitrogen and oxygen atoms in total. The Morgan fingerprint density at radius 2 is 1.68 bits per heavy atom. The third-order valence-corrected chi connectivity index (χ3v) is 6.68. The molecule has 1 saturated carbocycles. The molecular weight excluding hydrogens is 468 g/mol. The van der Waals surface area contributed by atoms with Crippen LogP contribution in [0.3, 0.4) is 0 Å². The number of nitrogens with one attached hydrogen (secondary N) is 1. The van der Waals surface area contributed by atoms with Crippen molar-refractivity contribution in [3.05, 3.63) is 64.7 Å². The van der Waals surface area contributed by atoms with Gasteiger partial charge < -0.3 is 24.8 Å². The van der Waals surface area contributed by atoms with Gasteiger partial charge in [-0.1, -0.05) is 57.2 Å². The molecule has 0 heterocycles. The number of carboxylic acids is 1. The van der Waals surface area contributed by atoms with Crippen LogP contribution in [-0.4, -0.2) is 53.9 Å². The first kappa shape index (κ1) is 28.7. The number of para-hydroxylation sites is 1. The van der Waals surface area contributed by atoms with Crippen molar-refractivity contribution in [2.45, 2.75) is 79.1 Å². The minimum Gasteiger partial charge on any atom is -0.478 e. The summed E-state index contributed by atoms with van der Waals surface area (Å²) < 4.78 is 12.4. The fraction of sp³-hybridized carbons (Fsp3) is 0.533. The summed E-state index contributed by atoms with van der Waals surface area (Å²) in [7, 11) is 0. The second-order valence-electron chi connectivity index (χ2n) is 11.2. The first-order valence-corrected chi connectivity index (χ1v) is 13.2. The zero-order chi connectivity index (χ0) is 27.0. The largest absolute Gasteiger partial charge is 0.478 e. The third-order valence-electron chi connectivity index (χ3n) is 6.68. The number of carboxylic acid groups (broad SMARTS) is 1. The standard InChI is InChI=1S/C30H42N2O5/c1-21-10-6-7-15-26(21)31-29(35)32(20-30(3,4)5)16-17-36-24-13-9-14-25(18-24)37-19-23-12-8-11-22(2)27(23)28(33)34/h6-8,10-12,15,24-25H,9,13-14,16-20H2,1-5H3,(H,31,35)(H,33,34). The smallest absolute Gasteiger partial charge is 0.336 e. The number of carbonyl (C=O) groups excluding carboxylic acids is 1. The van der Waals surface area contributed by atoms with Crippen molar-refractivity contribution < 1.29 is 24.2 Å². The van der Waals surface area contributed by atoms with Crippen LogP contribution in [0.15, 0.2) is 42.5 Å². The number of amides is 2. The second-order valence-corrected chi connectivity index (χ2v) is 11.2. The molecule has 2 atom stereocenters. The highest BCUT2D eigenvalue weighted by atomic mass is 16.5. The molecule has 2 unspecified atom stereocenters. The molecule has 7 heteroatoms. The van der Waals surface area contributed by atoms with Gasteiger partial charge in [-0.05, 0) is 67.7 Å². The Balaban J connectivity index is 1.52. The summed E-state index contributed by atoms with van der Waals surface area (Å²) in [6, 6.07) is 13.1. The molecule has 0 spiro atoms. The number of ether oxygens (including phenoxy) is 2. The van der Waals surface area contributed by atoms with E-state index in [0.29, 0.717) is 30.8 Å². The van der Waals surface area contributed by atoms with Gasteiger partial charge in [-0.15, -0.1) is 0 Å². The summed E-state index contributed by atoms with van der Waals surface area (Å²) in [5.74, 6) is -0.923. The number of anilines is 1. The van der Waals surface area contributed by atoms with E-state index in [1.165, 1.54) is 0 Å². The topological polar surface area (TPSA) is 88.1 Å². The van der Waals surface area contributed by atoms with Crippen molar-refractivity contribution >= 4 is 17.7 Å². The average Bonchev–Trinajstić information content (AvgIpc) is 2.83. The van der Waals surface area contributed by atoms with Gasteiger partial charge in [0.15, 0.2) is 0 Å². The van der Waals surface area contributed by atoms with Crippen molar-refractivity contribution in [2.75, 3.05) is 25.0 Å². The highest BCUT2D eigenvalue weighted by molar-refractivity contribution is 5.91. The minimum atomic E-state index is -0.923. The van der Waals surface area contributed by atoms with Gasteiger partial charge in [0.2, 0.25) is 0 Å². The SMILES string of the molecule is Cc1ccccc1NC(=O)N(CCOC1CCCC(OCc2cccc(C)c2C(=O)O)C1)CC(C)(C)C. The van der Waals surface area contributed by atoms with Gasteiger partial charge in [-0.25, -0.2) is 9.59 Å². The van der Waals surface area contributed by atoms with Crippen LogP contribution < -0.4 is 5.32 Å². The monoisotopic (exact) mass is 510 g/mol. The molecule has 0 saturated heterocycles. The Morgan fingerprint density at radius 1 is 1.00 bits per heavy atom. The molecule has 1 aliphatic carbocycles. The van der Waals surface area contributed by atoms with Crippen molar-refractivity contribution in [1.82, 2.24) is 4.90 Å². The van der Waals surface area contributed by atoms with E-state index in [4.69, 9.17) is 9.47 Å². The first-order valence-electron chi connectivity index (χ1n) is 13.2. The lowest BCUT2D eigenvalue weighted by Gasteiger charge is -2.32. The molecule has 2 aromatic rings. The lowest BCUT2D eigenvalue weighted by molar-refractivity contribution is -0.0528. The van der Waals surface area contributed by atoms with Gasteiger partial charge in [-0.3, -0.25) is 0 Å². The van der Waals surface area contributed by atoms with Gasteiger partial charge in [-0.2, -0.15) is 0 Å². The van der Waals surface area contributed by atoms with E-state index in [9.17, 15) is 14.7 Å². The Hall–Kier alpha value is -2.90. The van der Waals surface area contributed by atoms with E-state index in [0.717, 1.165) is 42.5 Å². The fourth-order valence-electron chi connectivity index (χ4n) is 4.83. The van der Waals surface area contributed by atoms with Gasteiger partial charge in [0.1, 0.15) is 0 Å². The van der Waals surface area contributed by atoms with Gasteiger partial charge in [0.25, 0.3) is 0 Å². The molecule has 0 aliphatic heterocycles. The van der Waals surface area contributed by atoms with Crippen LogP contribution in [-0.2, 0) is 16.1 Å². The van der Waals surface area contributed by atoms with Crippen LogP contribution in [0, 0.1) is 19.3 Å². The number of urea groups is 1. The van der Waals surface area contributed by atoms with Crippen LogP contribution >= 0.6 is 0 Å². The minimum absolute atomic E-state index is 0.0240. The molecular formula is C30H42N2O5. The molecule has 2 aromatic carbocycles. The molecule has 1 aliphatic rings. The second kappa shape index (κ2) is 13.1. The number of aromatic carboxylic acids is 1. The maximum absolute atomic E-state index is 13.1. The maximum atomic E-state index is 13.1. The van der Waals surface area contributed by atoms with E-state index >= 15 is 0 Å². The summed E-state index contributed by atoms with van der Waals surface area (Å²) in [6.07, 6.45) is 3.74. The van der Waals surface area contributed by atoms with Gasteiger partial charge in [0, 0.05) is 18.8 Å². The average molecular weight is 511 g/mol. The van der Waals surface area contributed by atoms with E-state index in [1.807, 2.05) is 61.2 Å². The molecule has 2 amide bonds. The Bertz CT molecular complexity index is 1060. The predicted molar refractivity (Wildman–Crippen MR) is 146 cm³/mol. The molecule has 0 bridgehead atoms. The Kier molecular flexibility index (Phi) is 10.1. The number of hydrogen-bond donors (Lipinski definition) is 2. The van der Waals surface area contributed by atoms with Crippen molar-refractivity contribution in [3.63, 3.8) is 0 Å². The first-order chi connectivity index (χ1) is 17.5. The Labute approximate surface area is 221 Å². The van der Waals surface area contributed by atoms with E-state index in [1.54, 1.807) is 0 Å². The van der Waals surface area contributed by atoms with Gasteiger partial charge in [0.05, 0.1) is 31.0 Å². The third kappa shape index (κ3) is 8.86. The number of rotatable bonds is 10. The number of nitrogens with zero attached hydrogens (tertiary/aromatic N) is 1. The fourth-order valence-corrected chi connectivity index (χ4v) is 4.83. The van der Waals surface area contributed by atoms with E-state index in [2.05, 4.69) is 26.1 Å². The normalized spacial score (nSPS) is 17.9. The summed E-state index contributed by atoms with van der Waals surface area (Å²) in [4.78, 5) is 26.6. The van der Waals surface area contributed by atoms with Crippen LogP contribution in [0.25, 0.3) is 0 Å². The van der Waals surface area contributed by atoms with E-state index in [-0.39, 0.29) is 30.3 Å². The summed E-state index contributed by atoms with van der Waals surface area (Å²) in [6.45, 7) is 12.0. The van der Waals surface area contributed by atoms with Crippen LogP contribution in [0.2, 0.25) is 0 Å². The summed E-state index contributed by atoms with van der Waals surface area (Å²) in [5, 5.41) is 12.6. The lowest BCUT2D eigenvalue weighted by atomic mass is 9.94. The lowest BCUT2D eigenvalue weighted by Crippen LogP contribution is -2.43. The number of benzene rings is 2. The summed E-state index contributed by atoms with van der Waals surface area (Å²) >= 11 is 0. The predicted octanol–water partition coefficient (Wildman–Crippen LogP) is 6.43. The highest BCUT2D eigenvalue weighted by Crippen LogP contribution is 2.26. The molecule has 2 N–H and O–H groups in total. The number of carbonyl (C=O) groups is 2. The Morgan fingerprint density at radius 3 is 2.35 bits per heavy atom. The van der Waals surface area contributed by atoms with Gasteiger partial charge >= 0.3 is 12.0 Å². The maximum Gasteiger partial charge on any atom is 0.336 e. The molecule has 202 valence electrons. The van der Waals surface area contributed by atoms with Crippen molar-refractivity contribution in [2.24, 2.45) is 5.41 Å². The zero-order valence-electron chi connectivity index (χ0n) is 22.9. The zero-order valence-corrected chi connectivity index (χ0v) is 22.9. The van der Waals surface area contributed by atoms with Crippen LogP contribution in [0.4, 0.5) is 10.5 Å². The highest BCUT2D eigenvalue weighted by Gasteiger charge is 2.26. The van der Waals surface area contributed by atoms with Crippen molar-refractivity contribution in [1.29, 1.82) is 0 Å². The molecule has 0 radical (unpaired) electrons. The molecule has 3 rings (SSSR count). The number of hydrogen-bond acceptors (Lipinski definition) is 4. The quantitative estimate of drug-likeness (QED) is 0.385. The van der Waals surface area contributed by atoms with Crippen LogP contribution in [0.1, 0.15) is 73.5 Å². The summed E-state index contributed by atoms with van der Waals surface area (Å²) in [5.41, 5.74) is 3.57. The molecule has 1 fully saturated rings. The number of aryl methyl sites for hydroxylation is 2. The molecule has 0 aromatic heterocycles. The van der Waals surface area contributed by atoms with Crippen molar-refractivity contribution in [3.8, 4) is 0 Å².